The number of nitrogens with zero attached hydrogens (tertiary/aromatic N) is 2. The highest BCUT2D eigenvalue weighted by molar-refractivity contribution is 14.0. The number of hydrogen-bond acceptors (Lipinski definition) is 4. The zero-order valence-corrected chi connectivity index (χ0v) is 19.6. The zero-order chi connectivity index (χ0) is 19.5. The summed E-state index contributed by atoms with van der Waals surface area (Å²) in [5.41, 5.74) is 1.11. The molecule has 1 aromatic heterocycles. The summed E-state index contributed by atoms with van der Waals surface area (Å²) in [7, 11) is 1.78. The van der Waals surface area contributed by atoms with Crippen LogP contribution >= 0.6 is 24.0 Å². The largest absolute Gasteiger partial charge is 0.494 e. The van der Waals surface area contributed by atoms with E-state index in [1.54, 1.807) is 13.3 Å². The SMILES string of the molecule is CCOc1ccccc1CNC(=NC)NCC(c1ccco1)N(CC)CC.I. The molecular weight excluding hydrogens is 467 g/mol. The van der Waals surface area contributed by atoms with Crippen LogP contribution in [0.25, 0.3) is 0 Å². The Morgan fingerprint density at radius 1 is 1.11 bits per heavy atom. The van der Waals surface area contributed by atoms with Crippen molar-refractivity contribution >= 4 is 29.9 Å². The predicted molar refractivity (Wildman–Crippen MR) is 126 cm³/mol. The highest BCUT2D eigenvalue weighted by Crippen LogP contribution is 2.20. The summed E-state index contributed by atoms with van der Waals surface area (Å²) in [4.78, 5) is 6.71. The maximum absolute atomic E-state index is 5.69. The Labute approximate surface area is 185 Å². The van der Waals surface area contributed by atoms with E-state index in [2.05, 4.69) is 40.4 Å². The maximum Gasteiger partial charge on any atom is 0.191 e. The van der Waals surface area contributed by atoms with Gasteiger partial charge in [0, 0.05) is 25.7 Å². The van der Waals surface area contributed by atoms with Crippen molar-refractivity contribution in [1.82, 2.24) is 15.5 Å². The summed E-state index contributed by atoms with van der Waals surface area (Å²) in [6.45, 7) is 10.2. The summed E-state index contributed by atoms with van der Waals surface area (Å²) in [5, 5.41) is 6.79. The fraction of sp³-hybridized carbons (Fsp3) is 0.476. The highest BCUT2D eigenvalue weighted by atomic mass is 127. The summed E-state index contributed by atoms with van der Waals surface area (Å²) >= 11 is 0. The molecule has 0 spiro atoms. The van der Waals surface area contributed by atoms with Crippen molar-refractivity contribution in [2.45, 2.75) is 33.4 Å². The van der Waals surface area contributed by atoms with E-state index in [0.29, 0.717) is 19.7 Å². The molecule has 0 aliphatic carbocycles. The Hall–Kier alpha value is -1.74. The van der Waals surface area contributed by atoms with Crippen LogP contribution < -0.4 is 15.4 Å². The fourth-order valence-corrected chi connectivity index (χ4v) is 3.09. The number of rotatable bonds is 10. The van der Waals surface area contributed by atoms with Gasteiger partial charge in [0.1, 0.15) is 11.5 Å². The van der Waals surface area contributed by atoms with E-state index in [0.717, 1.165) is 36.1 Å². The molecule has 1 unspecified atom stereocenters. The van der Waals surface area contributed by atoms with Crippen LogP contribution in [-0.4, -0.2) is 44.1 Å². The average Bonchev–Trinajstić information content (AvgIpc) is 3.23. The van der Waals surface area contributed by atoms with Crippen molar-refractivity contribution in [1.29, 1.82) is 0 Å². The first-order chi connectivity index (χ1) is 13.2. The van der Waals surface area contributed by atoms with E-state index < -0.39 is 0 Å². The van der Waals surface area contributed by atoms with Gasteiger partial charge in [0.2, 0.25) is 0 Å². The molecule has 1 atom stereocenters. The quantitative estimate of drug-likeness (QED) is 0.293. The van der Waals surface area contributed by atoms with Gasteiger partial charge in [0.25, 0.3) is 0 Å². The van der Waals surface area contributed by atoms with E-state index in [-0.39, 0.29) is 30.0 Å². The normalized spacial score (nSPS) is 12.4. The third-order valence-electron chi connectivity index (χ3n) is 4.53. The molecule has 2 N–H and O–H groups in total. The number of aliphatic imine (C=N–C) groups is 1. The molecule has 0 saturated carbocycles. The molecule has 0 aliphatic rings. The molecule has 7 heteroatoms. The molecule has 0 bridgehead atoms. The lowest BCUT2D eigenvalue weighted by atomic mass is 10.2. The number of benzene rings is 1. The van der Waals surface area contributed by atoms with Crippen LogP contribution in [0.4, 0.5) is 0 Å². The van der Waals surface area contributed by atoms with E-state index in [1.165, 1.54) is 0 Å². The van der Waals surface area contributed by atoms with Crippen LogP contribution in [-0.2, 0) is 6.54 Å². The number of likely N-dealkylation sites (N-methyl/N-ethyl adjacent to an activating group) is 1. The lowest BCUT2D eigenvalue weighted by Gasteiger charge is -2.28. The van der Waals surface area contributed by atoms with Gasteiger partial charge < -0.3 is 19.8 Å². The summed E-state index contributed by atoms with van der Waals surface area (Å²) in [6, 6.07) is 12.2. The van der Waals surface area contributed by atoms with Crippen LogP contribution in [0, 0.1) is 0 Å². The van der Waals surface area contributed by atoms with E-state index >= 15 is 0 Å². The van der Waals surface area contributed by atoms with Crippen molar-refractivity contribution in [2.75, 3.05) is 33.3 Å². The summed E-state index contributed by atoms with van der Waals surface area (Å²) < 4.78 is 11.4. The maximum atomic E-state index is 5.69. The van der Waals surface area contributed by atoms with E-state index in [1.807, 2.05) is 37.3 Å². The van der Waals surface area contributed by atoms with Crippen molar-refractivity contribution in [3.63, 3.8) is 0 Å². The minimum atomic E-state index is 0. The fourth-order valence-electron chi connectivity index (χ4n) is 3.09. The molecule has 156 valence electrons. The second kappa shape index (κ2) is 13.4. The highest BCUT2D eigenvalue weighted by Gasteiger charge is 2.20. The van der Waals surface area contributed by atoms with Gasteiger partial charge in [0.15, 0.2) is 5.96 Å². The van der Waals surface area contributed by atoms with Gasteiger partial charge in [-0.25, -0.2) is 0 Å². The molecule has 6 nitrogen and oxygen atoms in total. The lowest BCUT2D eigenvalue weighted by molar-refractivity contribution is 0.193. The first-order valence-corrected chi connectivity index (χ1v) is 9.66. The number of nitrogens with one attached hydrogen (secondary N) is 2. The van der Waals surface area contributed by atoms with Gasteiger partial charge in [-0.05, 0) is 38.2 Å². The first kappa shape index (κ1) is 24.3. The Kier molecular flexibility index (Phi) is 11.7. The molecule has 0 fully saturated rings. The lowest BCUT2D eigenvalue weighted by Crippen LogP contribution is -2.43. The number of para-hydroxylation sites is 1. The number of ether oxygens (including phenoxy) is 1. The summed E-state index contributed by atoms with van der Waals surface area (Å²) in [6.07, 6.45) is 1.73. The van der Waals surface area contributed by atoms with Crippen LogP contribution in [0.2, 0.25) is 0 Å². The second-order valence-electron chi connectivity index (χ2n) is 6.10. The molecule has 28 heavy (non-hydrogen) atoms. The molecule has 2 rings (SSSR count). The van der Waals surface area contributed by atoms with Crippen molar-refractivity contribution in [3.05, 3.63) is 54.0 Å². The van der Waals surface area contributed by atoms with Gasteiger partial charge in [-0.2, -0.15) is 0 Å². The van der Waals surface area contributed by atoms with Gasteiger partial charge in [-0.1, -0.05) is 32.0 Å². The van der Waals surface area contributed by atoms with Crippen molar-refractivity contribution < 1.29 is 9.15 Å². The standard InChI is InChI=1S/C21H32N4O2.HI/c1-5-25(6-2)18(20-13-10-14-27-20)16-24-21(22-4)23-15-17-11-8-9-12-19(17)26-7-3;/h8-14,18H,5-7,15-16H2,1-4H3,(H2,22,23,24);1H. The molecule has 0 aliphatic heterocycles. The van der Waals surface area contributed by atoms with Crippen LogP contribution in [0.3, 0.4) is 0 Å². The molecule has 0 amide bonds. The third kappa shape index (κ3) is 7.01. The van der Waals surface area contributed by atoms with Crippen LogP contribution in [0.5, 0.6) is 5.75 Å². The number of furan rings is 1. The van der Waals surface area contributed by atoms with Crippen LogP contribution in [0.15, 0.2) is 52.1 Å². The minimum absolute atomic E-state index is 0. The van der Waals surface area contributed by atoms with Gasteiger partial charge in [-0.15, -0.1) is 24.0 Å². The molecule has 0 radical (unpaired) electrons. The van der Waals surface area contributed by atoms with Gasteiger partial charge >= 0.3 is 0 Å². The third-order valence-corrected chi connectivity index (χ3v) is 4.53. The van der Waals surface area contributed by atoms with E-state index in [4.69, 9.17) is 9.15 Å². The minimum Gasteiger partial charge on any atom is -0.494 e. The van der Waals surface area contributed by atoms with Gasteiger partial charge in [0.05, 0.1) is 18.9 Å². The Bertz CT molecular complexity index is 687. The Balaban J connectivity index is 0.00000392. The predicted octanol–water partition coefficient (Wildman–Crippen LogP) is 4.04. The Morgan fingerprint density at radius 2 is 1.86 bits per heavy atom. The second-order valence-corrected chi connectivity index (χ2v) is 6.10. The molecule has 0 saturated heterocycles. The molecule has 1 heterocycles. The van der Waals surface area contributed by atoms with Crippen LogP contribution in [0.1, 0.15) is 38.1 Å². The smallest absolute Gasteiger partial charge is 0.191 e. The number of halogens is 1. The van der Waals surface area contributed by atoms with E-state index in [9.17, 15) is 0 Å². The zero-order valence-electron chi connectivity index (χ0n) is 17.3. The first-order valence-electron chi connectivity index (χ1n) is 9.66. The number of hydrogen-bond donors (Lipinski definition) is 2. The van der Waals surface area contributed by atoms with Crippen molar-refractivity contribution in [2.24, 2.45) is 4.99 Å². The monoisotopic (exact) mass is 500 g/mol. The Morgan fingerprint density at radius 3 is 2.46 bits per heavy atom. The molecule has 2 aromatic rings. The van der Waals surface area contributed by atoms with Gasteiger partial charge in [-0.3, -0.25) is 9.89 Å². The van der Waals surface area contributed by atoms with Crippen molar-refractivity contribution in [3.8, 4) is 5.75 Å². The molecule has 1 aromatic carbocycles. The topological polar surface area (TPSA) is 62.0 Å². The number of guanidine groups is 1. The molecular formula is C21H33IN4O2. The average molecular weight is 500 g/mol. The summed E-state index contributed by atoms with van der Waals surface area (Å²) in [5.74, 6) is 2.62.